The van der Waals surface area contributed by atoms with Crippen molar-refractivity contribution >= 4 is 23.5 Å². The normalized spacial score (nSPS) is 17.5. The predicted molar refractivity (Wildman–Crippen MR) is 59.5 cm³/mol. The monoisotopic (exact) mass is 192 g/mol. The van der Waals surface area contributed by atoms with E-state index in [1.165, 1.54) is 0 Å². The van der Waals surface area contributed by atoms with Crippen LogP contribution < -0.4 is 0 Å². The lowest BCUT2D eigenvalue weighted by molar-refractivity contribution is 0.603. The number of thioether (sulfide) groups is 2. The fraction of sp³-hybridized carbons (Fsp3) is 1.00. The molecule has 0 fully saturated rings. The lowest BCUT2D eigenvalue weighted by Gasteiger charge is -2.32. The quantitative estimate of drug-likeness (QED) is 0.620. The van der Waals surface area contributed by atoms with Gasteiger partial charge >= 0.3 is 0 Å². The standard InChI is InChI=1S/C9H20S2/c1-7(2)9(5,10-6)11-8(3)4/h7-8H,1-6H3. The van der Waals surface area contributed by atoms with E-state index in [4.69, 9.17) is 0 Å². The summed E-state index contributed by atoms with van der Waals surface area (Å²) in [5.74, 6) is 0.741. The first-order valence-corrected chi connectivity index (χ1v) is 6.25. The van der Waals surface area contributed by atoms with Gasteiger partial charge in [-0.1, -0.05) is 27.7 Å². The molecular formula is C9H20S2. The van der Waals surface area contributed by atoms with Crippen LogP contribution >= 0.6 is 23.5 Å². The first-order chi connectivity index (χ1) is 4.92. The molecule has 0 radical (unpaired) electrons. The van der Waals surface area contributed by atoms with Gasteiger partial charge < -0.3 is 0 Å². The number of hydrogen-bond donors (Lipinski definition) is 0. The molecule has 0 N–H and O–H groups in total. The van der Waals surface area contributed by atoms with E-state index in [1.54, 1.807) is 0 Å². The van der Waals surface area contributed by atoms with E-state index in [-0.39, 0.29) is 0 Å². The summed E-state index contributed by atoms with van der Waals surface area (Å²) in [7, 11) is 0. The molecule has 0 heterocycles. The van der Waals surface area contributed by atoms with Crippen LogP contribution in [0, 0.1) is 5.92 Å². The summed E-state index contributed by atoms with van der Waals surface area (Å²) >= 11 is 4.04. The third-order valence-electron chi connectivity index (χ3n) is 1.92. The molecule has 0 saturated heterocycles. The maximum Gasteiger partial charge on any atom is 0.0605 e. The molecule has 0 aromatic carbocycles. The molecule has 0 aliphatic carbocycles. The third-order valence-corrected chi connectivity index (χ3v) is 5.41. The molecule has 0 rings (SSSR count). The van der Waals surface area contributed by atoms with Crippen LogP contribution in [0.2, 0.25) is 0 Å². The van der Waals surface area contributed by atoms with E-state index in [1.807, 2.05) is 11.8 Å². The molecule has 0 bridgehead atoms. The van der Waals surface area contributed by atoms with Gasteiger partial charge in [0.15, 0.2) is 0 Å². The highest BCUT2D eigenvalue weighted by atomic mass is 32.2. The van der Waals surface area contributed by atoms with E-state index in [0.29, 0.717) is 4.08 Å². The van der Waals surface area contributed by atoms with Gasteiger partial charge in [0.05, 0.1) is 4.08 Å². The van der Waals surface area contributed by atoms with Gasteiger partial charge in [-0.15, -0.1) is 23.5 Å². The van der Waals surface area contributed by atoms with Gasteiger partial charge in [-0.2, -0.15) is 0 Å². The van der Waals surface area contributed by atoms with Crippen molar-refractivity contribution in [3.63, 3.8) is 0 Å². The Morgan fingerprint density at radius 3 is 1.64 bits per heavy atom. The second-order valence-electron chi connectivity index (χ2n) is 3.54. The fourth-order valence-electron chi connectivity index (χ4n) is 0.888. The van der Waals surface area contributed by atoms with E-state index in [9.17, 15) is 0 Å². The summed E-state index contributed by atoms with van der Waals surface area (Å²) in [6, 6.07) is 0. The van der Waals surface area contributed by atoms with Gasteiger partial charge in [0, 0.05) is 5.25 Å². The Kier molecular flexibility index (Phi) is 4.96. The minimum absolute atomic E-state index is 0.397. The fourth-order valence-corrected chi connectivity index (χ4v) is 3.53. The van der Waals surface area contributed by atoms with Crippen LogP contribution in [0.4, 0.5) is 0 Å². The summed E-state index contributed by atoms with van der Waals surface area (Å²) in [5.41, 5.74) is 0. The first-order valence-electron chi connectivity index (χ1n) is 4.15. The molecule has 1 unspecified atom stereocenters. The molecule has 0 aromatic rings. The summed E-state index contributed by atoms with van der Waals surface area (Å²) in [5, 5.41) is 0.731. The van der Waals surface area contributed by atoms with Gasteiger partial charge in [-0.05, 0) is 19.1 Å². The molecule has 0 spiro atoms. The molecule has 2 heteroatoms. The van der Waals surface area contributed by atoms with Crippen molar-refractivity contribution in [3.05, 3.63) is 0 Å². The zero-order chi connectivity index (χ0) is 9.07. The molecule has 0 aliphatic heterocycles. The lowest BCUT2D eigenvalue weighted by atomic mass is 10.1. The topological polar surface area (TPSA) is 0 Å². The zero-order valence-electron chi connectivity index (χ0n) is 8.47. The molecule has 1 atom stereocenters. The van der Waals surface area contributed by atoms with Gasteiger partial charge in [0.25, 0.3) is 0 Å². The molecule has 0 nitrogen and oxygen atoms in total. The SMILES string of the molecule is CSC(C)(SC(C)C)C(C)C. The molecule has 0 saturated carbocycles. The van der Waals surface area contributed by atoms with Gasteiger partial charge in [-0.3, -0.25) is 0 Å². The largest absolute Gasteiger partial charge is 0.148 e. The highest BCUT2D eigenvalue weighted by Crippen LogP contribution is 2.43. The Hall–Kier alpha value is 0.700. The maximum absolute atomic E-state index is 2.34. The highest BCUT2D eigenvalue weighted by molar-refractivity contribution is 8.18. The summed E-state index contributed by atoms with van der Waals surface area (Å²) in [6.45, 7) is 11.5. The van der Waals surface area contributed by atoms with Crippen molar-refractivity contribution in [2.24, 2.45) is 5.92 Å². The average Bonchev–Trinajstić information content (AvgIpc) is 1.86. The van der Waals surface area contributed by atoms with E-state index >= 15 is 0 Å². The van der Waals surface area contributed by atoms with Gasteiger partial charge in [-0.25, -0.2) is 0 Å². The third kappa shape index (κ3) is 3.75. The number of hydrogen-bond acceptors (Lipinski definition) is 2. The minimum atomic E-state index is 0.397. The van der Waals surface area contributed by atoms with Crippen LogP contribution in [0.3, 0.4) is 0 Å². The molecule has 68 valence electrons. The zero-order valence-corrected chi connectivity index (χ0v) is 10.1. The second kappa shape index (κ2) is 4.66. The number of rotatable bonds is 4. The Morgan fingerprint density at radius 1 is 1.09 bits per heavy atom. The molecule has 0 aromatic heterocycles. The lowest BCUT2D eigenvalue weighted by Crippen LogP contribution is -2.24. The summed E-state index contributed by atoms with van der Waals surface area (Å²) in [4.78, 5) is 0. The van der Waals surface area contributed by atoms with E-state index in [0.717, 1.165) is 11.2 Å². The van der Waals surface area contributed by atoms with E-state index in [2.05, 4.69) is 52.6 Å². The Bertz CT molecular complexity index is 110. The Balaban J connectivity index is 4.10. The first kappa shape index (κ1) is 11.7. The molecule has 0 amide bonds. The van der Waals surface area contributed by atoms with Crippen LogP contribution in [0.15, 0.2) is 0 Å². The van der Waals surface area contributed by atoms with Crippen molar-refractivity contribution in [2.75, 3.05) is 6.26 Å². The van der Waals surface area contributed by atoms with E-state index < -0.39 is 0 Å². The minimum Gasteiger partial charge on any atom is -0.148 e. The smallest absolute Gasteiger partial charge is 0.0605 e. The second-order valence-corrected chi connectivity index (χ2v) is 7.08. The van der Waals surface area contributed by atoms with Crippen LogP contribution in [0.1, 0.15) is 34.6 Å². The van der Waals surface area contributed by atoms with Crippen molar-refractivity contribution in [1.29, 1.82) is 0 Å². The van der Waals surface area contributed by atoms with Gasteiger partial charge in [0.1, 0.15) is 0 Å². The average molecular weight is 192 g/mol. The summed E-state index contributed by atoms with van der Waals surface area (Å²) in [6.07, 6.45) is 2.20. The summed E-state index contributed by atoms with van der Waals surface area (Å²) < 4.78 is 0.397. The van der Waals surface area contributed by atoms with Crippen LogP contribution in [0.25, 0.3) is 0 Å². The van der Waals surface area contributed by atoms with Crippen LogP contribution in [-0.2, 0) is 0 Å². The van der Waals surface area contributed by atoms with Crippen molar-refractivity contribution in [3.8, 4) is 0 Å². The molecular weight excluding hydrogens is 172 g/mol. The molecule has 11 heavy (non-hydrogen) atoms. The highest BCUT2D eigenvalue weighted by Gasteiger charge is 2.28. The van der Waals surface area contributed by atoms with Crippen molar-refractivity contribution in [2.45, 2.75) is 43.9 Å². The van der Waals surface area contributed by atoms with Crippen molar-refractivity contribution < 1.29 is 0 Å². The van der Waals surface area contributed by atoms with Crippen molar-refractivity contribution in [1.82, 2.24) is 0 Å². The predicted octanol–water partition coefficient (Wildman–Crippen LogP) is 3.86. The van der Waals surface area contributed by atoms with Gasteiger partial charge in [0.2, 0.25) is 0 Å². The Morgan fingerprint density at radius 2 is 1.55 bits per heavy atom. The Labute approximate surface area is 79.9 Å². The maximum atomic E-state index is 2.34. The van der Waals surface area contributed by atoms with Crippen LogP contribution in [0.5, 0.6) is 0 Å². The van der Waals surface area contributed by atoms with Crippen LogP contribution in [-0.4, -0.2) is 15.6 Å². The molecule has 0 aliphatic rings.